The molecule has 0 aromatic carbocycles. The van der Waals surface area contributed by atoms with Crippen LogP contribution in [0.15, 0.2) is 0 Å². The van der Waals surface area contributed by atoms with Crippen LogP contribution < -0.4 is 21.7 Å². The summed E-state index contributed by atoms with van der Waals surface area (Å²) in [5.74, 6) is -6.84. The van der Waals surface area contributed by atoms with Gasteiger partial charge in [0.2, 0.25) is 17.7 Å². The number of nitrogens with one attached hydrogen (secondary N) is 3. The molecular weight excluding hydrogens is 452 g/mol. The first-order chi connectivity index (χ1) is 14.9. The van der Waals surface area contributed by atoms with Gasteiger partial charge in [-0.05, 0) is 24.9 Å². The highest BCUT2D eigenvalue weighted by atomic mass is 32.2. The van der Waals surface area contributed by atoms with E-state index in [-0.39, 0.29) is 0 Å². The van der Waals surface area contributed by atoms with Gasteiger partial charge in [-0.2, -0.15) is 11.8 Å². The molecule has 3 amide bonds. The number of carbonyl (C=O) groups excluding carboxylic acids is 3. The summed E-state index contributed by atoms with van der Waals surface area (Å²) in [6, 6.07) is -5.92. The summed E-state index contributed by atoms with van der Waals surface area (Å²) in [6.07, 6.45) is 0.0980. The number of aliphatic carboxylic acids is 3. The predicted octanol–water partition coefficient (Wildman–Crippen LogP) is -3.06. The molecule has 0 fully saturated rings. The van der Waals surface area contributed by atoms with Crippen LogP contribution in [0.2, 0.25) is 0 Å². The molecule has 0 heterocycles. The minimum atomic E-state index is -1.76. The van der Waals surface area contributed by atoms with Crippen LogP contribution in [-0.4, -0.2) is 98.8 Å². The fourth-order valence-electron chi connectivity index (χ4n) is 2.30. The fourth-order valence-corrected chi connectivity index (χ4v) is 2.79. The number of aliphatic hydroxyl groups is 1. The fraction of sp³-hybridized carbons (Fsp3) is 0.647. The lowest BCUT2D eigenvalue weighted by molar-refractivity contribution is -0.144. The van der Waals surface area contributed by atoms with Crippen molar-refractivity contribution >= 4 is 47.4 Å². The number of aliphatic hydroxyl groups excluding tert-OH is 1. The van der Waals surface area contributed by atoms with E-state index in [2.05, 4.69) is 5.32 Å². The van der Waals surface area contributed by atoms with Gasteiger partial charge in [0.25, 0.3) is 0 Å². The number of hydrogen-bond donors (Lipinski definition) is 8. The summed E-state index contributed by atoms with van der Waals surface area (Å²) < 4.78 is 0. The van der Waals surface area contributed by atoms with E-state index >= 15 is 0 Å². The van der Waals surface area contributed by atoms with E-state index in [4.69, 9.17) is 21.1 Å². The van der Waals surface area contributed by atoms with Crippen LogP contribution in [0.25, 0.3) is 0 Å². The lowest BCUT2D eigenvalue weighted by Crippen LogP contribution is -2.58. The maximum absolute atomic E-state index is 12.4. The van der Waals surface area contributed by atoms with Crippen LogP contribution in [0.1, 0.15) is 25.7 Å². The Balaban J connectivity index is 5.24. The molecular formula is C17H28N4O10S. The standard InChI is InChI=1S/C17H28N4O10S/c1-32-5-4-8(18)14(27)21-11(7-22)16(29)20-10(6-13(25)26)15(28)19-9(17(30)31)2-3-12(23)24/h8-11,22H,2-7,18H2,1H3,(H,19,28)(H,20,29)(H,21,27)(H,23,24)(H,25,26)(H,30,31). The van der Waals surface area contributed by atoms with Crippen molar-refractivity contribution < 1.29 is 49.2 Å². The number of rotatable bonds is 16. The Morgan fingerprint density at radius 3 is 1.81 bits per heavy atom. The Morgan fingerprint density at radius 2 is 1.34 bits per heavy atom. The van der Waals surface area contributed by atoms with E-state index in [0.717, 1.165) is 0 Å². The van der Waals surface area contributed by atoms with Crippen molar-refractivity contribution in [2.75, 3.05) is 18.6 Å². The van der Waals surface area contributed by atoms with Gasteiger partial charge in [0.15, 0.2) is 0 Å². The molecule has 0 rings (SSSR count). The zero-order valence-corrected chi connectivity index (χ0v) is 18.1. The summed E-state index contributed by atoms with van der Waals surface area (Å²) in [5.41, 5.74) is 5.68. The van der Waals surface area contributed by atoms with Crippen molar-refractivity contribution in [1.82, 2.24) is 16.0 Å². The first-order valence-electron chi connectivity index (χ1n) is 9.35. The van der Waals surface area contributed by atoms with Crippen LogP contribution >= 0.6 is 11.8 Å². The molecule has 0 aliphatic rings. The van der Waals surface area contributed by atoms with Crippen LogP contribution in [0.5, 0.6) is 0 Å². The average Bonchev–Trinajstić information content (AvgIpc) is 2.71. The topological polar surface area (TPSA) is 245 Å². The molecule has 4 unspecified atom stereocenters. The summed E-state index contributed by atoms with van der Waals surface area (Å²) >= 11 is 1.44. The van der Waals surface area contributed by atoms with E-state index in [9.17, 15) is 33.9 Å². The van der Waals surface area contributed by atoms with E-state index in [1.54, 1.807) is 6.26 Å². The molecule has 0 radical (unpaired) electrons. The molecule has 0 aromatic heterocycles. The van der Waals surface area contributed by atoms with Crippen LogP contribution in [0, 0.1) is 0 Å². The van der Waals surface area contributed by atoms with Gasteiger partial charge in [0.1, 0.15) is 18.1 Å². The third kappa shape index (κ3) is 11.5. The van der Waals surface area contributed by atoms with Crippen LogP contribution in [0.3, 0.4) is 0 Å². The molecule has 4 atom stereocenters. The van der Waals surface area contributed by atoms with Crippen LogP contribution in [0.4, 0.5) is 0 Å². The first kappa shape index (κ1) is 29.1. The molecule has 32 heavy (non-hydrogen) atoms. The molecule has 0 aliphatic heterocycles. The van der Waals surface area contributed by atoms with Gasteiger partial charge in [-0.1, -0.05) is 0 Å². The van der Waals surface area contributed by atoms with Gasteiger partial charge in [-0.3, -0.25) is 24.0 Å². The summed E-state index contributed by atoms with van der Waals surface area (Å²) in [4.78, 5) is 69.7. The Bertz CT molecular complexity index is 705. The molecule has 0 saturated carbocycles. The highest BCUT2D eigenvalue weighted by molar-refractivity contribution is 7.98. The summed E-state index contributed by atoms with van der Waals surface area (Å²) in [5, 5.41) is 42.4. The minimum Gasteiger partial charge on any atom is -0.481 e. The van der Waals surface area contributed by atoms with Crippen molar-refractivity contribution in [2.45, 2.75) is 49.9 Å². The van der Waals surface area contributed by atoms with Gasteiger partial charge in [0.05, 0.1) is 19.1 Å². The molecule has 15 heteroatoms. The maximum atomic E-state index is 12.4. The van der Waals surface area contributed by atoms with Crippen LogP contribution in [-0.2, 0) is 28.8 Å². The average molecular weight is 480 g/mol. The molecule has 0 aromatic rings. The normalized spacial score (nSPS) is 14.3. The van der Waals surface area contributed by atoms with Gasteiger partial charge < -0.3 is 42.1 Å². The largest absolute Gasteiger partial charge is 0.481 e. The van der Waals surface area contributed by atoms with Crippen molar-refractivity contribution in [3.63, 3.8) is 0 Å². The Kier molecular flexibility index (Phi) is 13.6. The molecule has 0 spiro atoms. The molecule has 182 valence electrons. The molecule has 0 saturated heterocycles. The Hall–Kier alpha value is -2.91. The van der Waals surface area contributed by atoms with E-state index in [1.165, 1.54) is 11.8 Å². The highest BCUT2D eigenvalue weighted by Crippen LogP contribution is 2.03. The Morgan fingerprint density at radius 1 is 0.812 bits per heavy atom. The smallest absolute Gasteiger partial charge is 0.326 e. The van der Waals surface area contributed by atoms with E-state index < -0.39 is 85.7 Å². The lowest BCUT2D eigenvalue weighted by Gasteiger charge is -2.23. The van der Waals surface area contributed by atoms with E-state index in [1.807, 2.05) is 10.6 Å². The Labute approximate surface area is 187 Å². The van der Waals surface area contributed by atoms with Crippen molar-refractivity contribution in [1.29, 1.82) is 0 Å². The minimum absolute atomic E-state index is 0.295. The van der Waals surface area contributed by atoms with Crippen molar-refractivity contribution in [3.8, 4) is 0 Å². The van der Waals surface area contributed by atoms with Gasteiger partial charge >= 0.3 is 17.9 Å². The maximum Gasteiger partial charge on any atom is 0.326 e. The van der Waals surface area contributed by atoms with Crippen molar-refractivity contribution in [2.24, 2.45) is 5.73 Å². The zero-order valence-electron chi connectivity index (χ0n) is 17.3. The number of carboxylic acids is 3. The van der Waals surface area contributed by atoms with Gasteiger partial charge in [0, 0.05) is 6.42 Å². The molecule has 0 aliphatic carbocycles. The molecule has 9 N–H and O–H groups in total. The number of nitrogens with two attached hydrogens (primary N) is 1. The second kappa shape index (κ2) is 15.0. The third-order valence-corrected chi connectivity index (χ3v) is 4.70. The SMILES string of the molecule is CSCCC(N)C(=O)NC(CO)C(=O)NC(CC(=O)O)C(=O)NC(CCC(=O)O)C(=O)O. The first-order valence-corrected chi connectivity index (χ1v) is 10.7. The molecule has 0 bridgehead atoms. The van der Waals surface area contributed by atoms with Gasteiger partial charge in [-0.15, -0.1) is 0 Å². The number of carboxylic acid groups (broad SMARTS) is 3. The second-order valence-electron chi connectivity index (χ2n) is 6.62. The molecule has 14 nitrogen and oxygen atoms in total. The number of carbonyl (C=O) groups is 6. The lowest BCUT2D eigenvalue weighted by atomic mass is 10.1. The second-order valence-corrected chi connectivity index (χ2v) is 7.61. The van der Waals surface area contributed by atoms with Crippen molar-refractivity contribution in [3.05, 3.63) is 0 Å². The monoisotopic (exact) mass is 480 g/mol. The highest BCUT2D eigenvalue weighted by Gasteiger charge is 2.31. The third-order valence-electron chi connectivity index (χ3n) is 4.06. The summed E-state index contributed by atoms with van der Waals surface area (Å²) in [6.45, 7) is -0.884. The number of amides is 3. The number of hydrogen-bond acceptors (Lipinski definition) is 9. The van der Waals surface area contributed by atoms with E-state index in [0.29, 0.717) is 12.2 Å². The summed E-state index contributed by atoms with van der Waals surface area (Å²) in [7, 11) is 0. The number of thioether (sulfide) groups is 1. The van der Waals surface area contributed by atoms with Gasteiger partial charge in [-0.25, -0.2) is 4.79 Å². The zero-order chi connectivity index (χ0) is 24.8. The predicted molar refractivity (Wildman–Crippen MR) is 111 cm³/mol. The quantitative estimate of drug-likeness (QED) is 0.110.